The molecule has 0 aliphatic heterocycles. The number of hydrogen-bond acceptors (Lipinski definition) is 4. The average Bonchev–Trinajstić information content (AvgIpc) is 2.38. The monoisotopic (exact) mass is 271 g/mol. The lowest BCUT2D eigenvalue weighted by molar-refractivity contribution is 0.153. The number of nitrogens with one attached hydrogen (secondary N) is 1. The molecular weight excluding hydrogens is 250 g/mol. The number of pyridine rings is 1. The van der Waals surface area contributed by atoms with E-state index in [1.54, 1.807) is 0 Å². The summed E-state index contributed by atoms with van der Waals surface area (Å²) >= 11 is 6.14. The summed E-state index contributed by atoms with van der Waals surface area (Å²) < 4.78 is 0. The summed E-state index contributed by atoms with van der Waals surface area (Å²) in [6.07, 6.45) is 1.06. The fourth-order valence-corrected chi connectivity index (χ4v) is 1.64. The van der Waals surface area contributed by atoms with E-state index in [-0.39, 0.29) is 12.6 Å². The average molecular weight is 272 g/mol. The Morgan fingerprint density at radius 1 is 1.50 bits per heavy atom. The van der Waals surface area contributed by atoms with Gasteiger partial charge in [-0.25, -0.2) is 4.98 Å². The van der Waals surface area contributed by atoms with Crippen molar-refractivity contribution in [1.29, 1.82) is 0 Å². The van der Waals surface area contributed by atoms with Gasteiger partial charge >= 0.3 is 0 Å². The minimum absolute atomic E-state index is 0.0927. The number of hydrogen-bond donors (Lipinski definition) is 2. The van der Waals surface area contributed by atoms with Crippen molar-refractivity contribution in [2.45, 2.75) is 32.9 Å². The van der Waals surface area contributed by atoms with Crippen LogP contribution in [0.4, 0.5) is 5.82 Å². The van der Waals surface area contributed by atoms with Gasteiger partial charge in [-0.05, 0) is 32.5 Å². The van der Waals surface area contributed by atoms with Crippen molar-refractivity contribution < 1.29 is 5.11 Å². The smallest absolute Gasteiger partial charge is 0.126 e. The zero-order valence-corrected chi connectivity index (χ0v) is 12.0. The van der Waals surface area contributed by atoms with Gasteiger partial charge in [0.05, 0.1) is 17.3 Å². The molecule has 4 nitrogen and oxygen atoms in total. The van der Waals surface area contributed by atoms with Crippen LogP contribution in [0, 0.1) is 0 Å². The Kier molecular flexibility index (Phi) is 6.39. The Balaban J connectivity index is 2.74. The summed E-state index contributed by atoms with van der Waals surface area (Å²) in [5.41, 5.74) is 0.834. The summed E-state index contributed by atoms with van der Waals surface area (Å²) in [5, 5.41) is 13.0. The second kappa shape index (κ2) is 7.56. The topological polar surface area (TPSA) is 48.4 Å². The predicted molar refractivity (Wildman–Crippen MR) is 76.0 cm³/mol. The molecule has 5 heteroatoms. The zero-order chi connectivity index (χ0) is 13.5. The molecule has 0 aromatic carbocycles. The van der Waals surface area contributed by atoms with Crippen LogP contribution in [0.1, 0.15) is 26.0 Å². The van der Waals surface area contributed by atoms with Gasteiger partial charge in [0.15, 0.2) is 0 Å². The van der Waals surface area contributed by atoms with E-state index in [0.29, 0.717) is 11.6 Å². The maximum absolute atomic E-state index is 9.12. The Hall–Kier alpha value is -0.840. The molecule has 1 aromatic heterocycles. The van der Waals surface area contributed by atoms with E-state index in [9.17, 15) is 0 Å². The van der Waals surface area contributed by atoms with Gasteiger partial charge in [0.2, 0.25) is 0 Å². The molecule has 102 valence electrons. The highest BCUT2D eigenvalue weighted by Crippen LogP contribution is 2.18. The van der Waals surface area contributed by atoms with Crippen LogP contribution in [0.2, 0.25) is 5.02 Å². The molecule has 18 heavy (non-hydrogen) atoms. The molecule has 2 N–H and O–H groups in total. The van der Waals surface area contributed by atoms with E-state index in [1.807, 2.05) is 31.0 Å². The third-order valence-corrected chi connectivity index (χ3v) is 3.23. The molecule has 0 bridgehead atoms. The van der Waals surface area contributed by atoms with E-state index in [2.05, 4.69) is 17.2 Å². The Morgan fingerprint density at radius 3 is 2.83 bits per heavy atom. The lowest BCUT2D eigenvalue weighted by Gasteiger charge is -2.23. The second-order valence-electron chi connectivity index (χ2n) is 4.50. The van der Waals surface area contributed by atoms with Gasteiger partial charge < -0.3 is 10.4 Å². The SMILES string of the molecule is CCCNc1ccc(Cl)c(CN(C)C(C)CO)n1. The Morgan fingerprint density at radius 2 is 2.22 bits per heavy atom. The molecule has 0 saturated carbocycles. The molecule has 1 aromatic rings. The van der Waals surface area contributed by atoms with Crippen LogP contribution in [-0.4, -0.2) is 41.2 Å². The third-order valence-electron chi connectivity index (χ3n) is 2.89. The first-order valence-corrected chi connectivity index (χ1v) is 6.66. The van der Waals surface area contributed by atoms with Crippen LogP contribution >= 0.6 is 11.6 Å². The quantitative estimate of drug-likeness (QED) is 0.799. The number of anilines is 1. The van der Waals surface area contributed by atoms with Crippen LogP contribution in [-0.2, 0) is 6.54 Å². The lowest BCUT2D eigenvalue weighted by Crippen LogP contribution is -2.31. The molecule has 0 amide bonds. The van der Waals surface area contributed by atoms with Gasteiger partial charge in [0, 0.05) is 19.1 Å². The number of nitrogens with zero attached hydrogens (tertiary/aromatic N) is 2. The van der Waals surface area contributed by atoms with Gasteiger partial charge in [0.1, 0.15) is 5.82 Å². The van der Waals surface area contributed by atoms with Gasteiger partial charge in [-0.1, -0.05) is 18.5 Å². The highest BCUT2D eigenvalue weighted by atomic mass is 35.5. The largest absolute Gasteiger partial charge is 0.395 e. The van der Waals surface area contributed by atoms with E-state index in [0.717, 1.165) is 24.5 Å². The summed E-state index contributed by atoms with van der Waals surface area (Å²) in [6.45, 7) is 5.73. The molecule has 0 spiro atoms. The third kappa shape index (κ3) is 4.44. The molecule has 1 rings (SSSR count). The number of aliphatic hydroxyl groups is 1. The highest BCUT2D eigenvalue weighted by Gasteiger charge is 2.12. The molecule has 1 heterocycles. The zero-order valence-electron chi connectivity index (χ0n) is 11.3. The minimum atomic E-state index is 0.0927. The molecule has 0 aliphatic carbocycles. The summed E-state index contributed by atoms with van der Waals surface area (Å²) in [7, 11) is 1.95. The fraction of sp³-hybridized carbons (Fsp3) is 0.615. The van der Waals surface area contributed by atoms with Crippen molar-refractivity contribution >= 4 is 17.4 Å². The van der Waals surface area contributed by atoms with E-state index >= 15 is 0 Å². The molecule has 0 aliphatic rings. The summed E-state index contributed by atoms with van der Waals surface area (Å²) in [6, 6.07) is 3.84. The van der Waals surface area contributed by atoms with Gasteiger partial charge in [0.25, 0.3) is 0 Å². The van der Waals surface area contributed by atoms with E-state index in [4.69, 9.17) is 16.7 Å². The number of halogens is 1. The van der Waals surface area contributed by atoms with Crippen molar-refractivity contribution in [2.75, 3.05) is 25.5 Å². The minimum Gasteiger partial charge on any atom is -0.395 e. The highest BCUT2D eigenvalue weighted by molar-refractivity contribution is 6.31. The molecule has 0 fully saturated rings. The maximum Gasteiger partial charge on any atom is 0.126 e. The van der Waals surface area contributed by atoms with E-state index in [1.165, 1.54) is 0 Å². The Bertz CT molecular complexity index is 373. The molecule has 0 radical (unpaired) electrons. The van der Waals surface area contributed by atoms with E-state index < -0.39 is 0 Å². The fourth-order valence-electron chi connectivity index (χ4n) is 1.48. The summed E-state index contributed by atoms with van der Waals surface area (Å²) in [4.78, 5) is 6.53. The predicted octanol–water partition coefficient (Wildman–Crippen LogP) is 2.37. The maximum atomic E-state index is 9.12. The molecule has 1 atom stereocenters. The van der Waals surface area contributed by atoms with Gasteiger partial charge in [-0.2, -0.15) is 0 Å². The Labute approximate surface area is 114 Å². The number of aliphatic hydroxyl groups excluding tert-OH is 1. The second-order valence-corrected chi connectivity index (χ2v) is 4.91. The summed E-state index contributed by atoms with van der Waals surface area (Å²) in [5.74, 6) is 0.848. The number of rotatable bonds is 7. The van der Waals surface area contributed by atoms with Crippen LogP contribution in [0.15, 0.2) is 12.1 Å². The first kappa shape index (κ1) is 15.2. The van der Waals surface area contributed by atoms with Crippen LogP contribution in [0.3, 0.4) is 0 Å². The molecular formula is C13H22ClN3O. The molecule has 0 saturated heterocycles. The van der Waals surface area contributed by atoms with Gasteiger partial charge in [-0.15, -0.1) is 0 Å². The van der Waals surface area contributed by atoms with Gasteiger partial charge in [-0.3, -0.25) is 4.90 Å². The first-order valence-electron chi connectivity index (χ1n) is 6.28. The number of likely N-dealkylation sites (N-methyl/N-ethyl adjacent to an activating group) is 1. The standard InChI is InChI=1S/C13H22ClN3O/c1-4-7-15-13-6-5-11(14)12(16-13)8-17(3)10(2)9-18/h5-6,10,18H,4,7-9H2,1-3H3,(H,15,16). The van der Waals surface area contributed by atoms with Crippen molar-refractivity contribution in [3.63, 3.8) is 0 Å². The number of aromatic nitrogens is 1. The van der Waals surface area contributed by atoms with Crippen molar-refractivity contribution in [3.05, 3.63) is 22.8 Å². The van der Waals surface area contributed by atoms with Crippen LogP contribution in [0.25, 0.3) is 0 Å². The molecule has 1 unspecified atom stereocenters. The lowest BCUT2D eigenvalue weighted by atomic mass is 10.2. The normalized spacial score (nSPS) is 12.8. The van der Waals surface area contributed by atoms with Crippen LogP contribution < -0.4 is 5.32 Å². The first-order chi connectivity index (χ1) is 8.58. The van der Waals surface area contributed by atoms with Crippen molar-refractivity contribution in [1.82, 2.24) is 9.88 Å². The van der Waals surface area contributed by atoms with Crippen molar-refractivity contribution in [2.24, 2.45) is 0 Å². The van der Waals surface area contributed by atoms with Crippen LogP contribution in [0.5, 0.6) is 0 Å². The van der Waals surface area contributed by atoms with Crippen molar-refractivity contribution in [3.8, 4) is 0 Å².